The largest absolute Gasteiger partial charge is 0.504 e. The van der Waals surface area contributed by atoms with E-state index in [2.05, 4.69) is 6.92 Å². The van der Waals surface area contributed by atoms with Crippen LogP contribution in [0.2, 0.25) is 0 Å². The number of hydrogen-bond donors (Lipinski definition) is 2. The van der Waals surface area contributed by atoms with Crippen molar-refractivity contribution in [2.75, 3.05) is 7.11 Å². The van der Waals surface area contributed by atoms with Gasteiger partial charge in [0.2, 0.25) is 0 Å². The molecule has 0 bridgehead atoms. The Morgan fingerprint density at radius 3 is 2.60 bits per heavy atom. The number of phenolic OH excluding ortho intramolecular Hbond substituents is 1. The molecule has 15 heavy (non-hydrogen) atoms. The predicted octanol–water partition coefficient (Wildman–Crippen LogP) is 2.24. The topological polar surface area (TPSA) is 55.5 Å². The second-order valence-electron chi connectivity index (χ2n) is 4.05. The molecule has 0 aromatic heterocycles. The molecular weight excluding hydrogens is 190 g/mol. The first-order valence-corrected chi connectivity index (χ1v) is 5.17. The Morgan fingerprint density at radius 2 is 2.07 bits per heavy atom. The van der Waals surface area contributed by atoms with Crippen molar-refractivity contribution in [3.05, 3.63) is 23.8 Å². The highest BCUT2D eigenvalue weighted by molar-refractivity contribution is 5.42. The molecular formula is C12H19NO2. The van der Waals surface area contributed by atoms with Crippen LogP contribution in [-0.4, -0.2) is 18.3 Å². The van der Waals surface area contributed by atoms with Crippen LogP contribution in [0.3, 0.4) is 0 Å². The van der Waals surface area contributed by atoms with Gasteiger partial charge in [-0.15, -0.1) is 0 Å². The van der Waals surface area contributed by atoms with Gasteiger partial charge in [-0.1, -0.05) is 13.0 Å². The second kappa shape index (κ2) is 5.03. The maximum Gasteiger partial charge on any atom is 0.160 e. The van der Waals surface area contributed by atoms with Crippen LogP contribution in [0, 0.1) is 0 Å². The van der Waals surface area contributed by atoms with Crippen LogP contribution < -0.4 is 10.5 Å². The Hall–Kier alpha value is -1.22. The van der Waals surface area contributed by atoms with Crippen LogP contribution in [0.1, 0.15) is 31.7 Å². The summed E-state index contributed by atoms with van der Waals surface area (Å²) in [6.45, 7) is 4.11. The summed E-state index contributed by atoms with van der Waals surface area (Å²) in [6.07, 6.45) is 0.925. The fraction of sp³-hybridized carbons (Fsp3) is 0.500. The number of ether oxygens (including phenoxy) is 1. The van der Waals surface area contributed by atoms with Crippen molar-refractivity contribution >= 4 is 0 Å². The van der Waals surface area contributed by atoms with Crippen molar-refractivity contribution in [1.82, 2.24) is 0 Å². The van der Waals surface area contributed by atoms with Crippen LogP contribution in [-0.2, 0) is 0 Å². The molecule has 2 atom stereocenters. The Balaban J connectivity index is 2.85. The first-order chi connectivity index (χ1) is 7.04. The zero-order chi connectivity index (χ0) is 11.4. The molecule has 3 N–H and O–H groups in total. The lowest BCUT2D eigenvalue weighted by Gasteiger charge is -2.15. The minimum absolute atomic E-state index is 0.175. The van der Waals surface area contributed by atoms with E-state index in [4.69, 9.17) is 10.5 Å². The molecule has 0 saturated heterocycles. The number of hydrogen-bond acceptors (Lipinski definition) is 3. The Bertz CT molecular complexity index is 323. The summed E-state index contributed by atoms with van der Waals surface area (Å²) < 4.78 is 5.06. The number of phenols is 1. The molecule has 0 heterocycles. The lowest BCUT2D eigenvalue weighted by atomic mass is 9.94. The molecule has 0 aliphatic heterocycles. The summed E-state index contributed by atoms with van der Waals surface area (Å²) in [6, 6.07) is 5.61. The van der Waals surface area contributed by atoms with E-state index in [-0.39, 0.29) is 11.8 Å². The zero-order valence-corrected chi connectivity index (χ0v) is 9.53. The average Bonchev–Trinajstić information content (AvgIpc) is 2.17. The second-order valence-corrected chi connectivity index (χ2v) is 4.05. The highest BCUT2D eigenvalue weighted by Crippen LogP contribution is 2.30. The van der Waals surface area contributed by atoms with E-state index < -0.39 is 0 Å². The van der Waals surface area contributed by atoms with E-state index in [9.17, 15) is 5.11 Å². The van der Waals surface area contributed by atoms with Gasteiger partial charge in [0.25, 0.3) is 0 Å². The van der Waals surface area contributed by atoms with E-state index in [0.717, 1.165) is 12.0 Å². The third kappa shape index (κ3) is 3.13. The van der Waals surface area contributed by atoms with Gasteiger partial charge in [0.1, 0.15) is 0 Å². The minimum Gasteiger partial charge on any atom is -0.504 e. The Morgan fingerprint density at radius 1 is 1.40 bits per heavy atom. The standard InChI is InChI=1S/C12H19NO2/c1-8(6-9(2)13)10-4-5-11(14)12(7-10)15-3/h4-5,7-9,14H,6,13H2,1-3H3. The molecule has 0 radical (unpaired) electrons. The molecule has 0 aliphatic rings. The monoisotopic (exact) mass is 209 g/mol. The molecule has 1 rings (SSSR count). The number of nitrogens with two attached hydrogens (primary N) is 1. The van der Waals surface area contributed by atoms with Crippen molar-refractivity contribution in [2.24, 2.45) is 5.73 Å². The lowest BCUT2D eigenvalue weighted by Crippen LogP contribution is -2.17. The number of rotatable bonds is 4. The van der Waals surface area contributed by atoms with Crippen molar-refractivity contribution < 1.29 is 9.84 Å². The first-order valence-electron chi connectivity index (χ1n) is 5.17. The van der Waals surface area contributed by atoms with E-state index in [1.165, 1.54) is 0 Å². The number of aromatic hydroxyl groups is 1. The van der Waals surface area contributed by atoms with Gasteiger partial charge < -0.3 is 15.6 Å². The van der Waals surface area contributed by atoms with Crippen molar-refractivity contribution in [3.8, 4) is 11.5 Å². The average molecular weight is 209 g/mol. The zero-order valence-electron chi connectivity index (χ0n) is 9.53. The van der Waals surface area contributed by atoms with Crippen LogP contribution in [0.25, 0.3) is 0 Å². The van der Waals surface area contributed by atoms with Gasteiger partial charge in [-0.05, 0) is 37.0 Å². The predicted molar refractivity (Wildman–Crippen MR) is 61.3 cm³/mol. The first kappa shape index (κ1) is 11.9. The summed E-state index contributed by atoms with van der Waals surface area (Å²) >= 11 is 0. The molecule has 3 heteroatoms. The normalized spacial score (nSPS) is 14.7. The molecule has 0 saturated carbocycles. The maximum absolute atomic E-state index is 9.45. The highest BCUT2D eigenvalue weighted by Gasteiger charge is 2.10. The minimum atomic E-state index is 0.175. The third-order valence-electron chi connectivity index (χ3n) is 2.50. The fourth-order valence-electron chi connectivity index (χ4n) is 1.69. The number of benzene rings is 1. The SMILES string of the molecule is COc1cc(C(C)CC(C)N)ccc1O. The fourth-order valence-corrected chi connectivity index (χ4v) is 1.69. The van der Waals surface area contributed by atoms with E-state index >= 15 is 0 Å². The molecule has 0 spiro atoms. The van der Waals surface area contributed by atoms with Crippen molar-refractivity contribution in [3.63, 3.8) is 0 Å². The lowest BCUT2D eigenvalue weighted by molar-refractivity contribution is 0.372. The summed E-state index contributed by atoms with van der Waals surface area (Å²) in [4.78, 5) is 0. The summed E-state index contributed by atoms with van der Waals surface area (Å²) in [5.41, 5.74) is 6.89. The highest BCUT2D eigenvalue weighted by atomic mass is 16.5. The van der Waals surface area contributed by atoms with Crippen LogP contribution in [0.15, 0.2) is 18.2 Å². The van der Waals surface area contributed by atoms with Crippen LogP contribution in [0.5, 0.6) is 11.5 Å². The van der Waals surface area contributed by atoms with Crippen molar-refractivity contribution in [1.29, 1.82) is 0 Å². The molecule has 2 unspecified atom stereocenters. The molecule has 0 amide bonds. The van der Waals surface area contributed by atoms with Gasteiger partial charge in [0.15, 0.2) is 11.5 Å². The van der Waals surface area contributed by atoms with Crippen LogP contribution >= 0.6 is 0 Å². The molecule has 0 fully saturated rings. The van der Waals surface area contributed by atoms with Gasteiger partial charge >= 0.3 is 0 Å². The van der Waals surface area contributed by atoms with E-state index in [1.807, 2.05) is 19.1 Å². The van der Waals surface area contributed by atoms with Crippen molar-refractivity contribution in [2.45, 2.75) is 32.2 Å². The number of methoxy groups -OCH3 is 1. The third-order valence-corrected chi connectivity index (χ3v) is 2.50. The quantitative estimate of drug-likeness (QED) is 0.799. The smallest absolute Gasteiger partial charge is 0.160 e. The summed E-state index contributed by atoms with van der Waals surface area (Å²) in [5, 5.41) is 9.45. The molecule has 1 aromatic rings. The van der Waals surface area contributed by atoms with Gasteiger partial charge in [-0.3, -0.25) is 0 Å². The van der Waals surface area contributed by atoms with Gasteiger partial charge in [0.05, 0.1) is 7.11 Å². The Labute approximate surface area is 90.9 Å². The molecule has 84 valence electrons. The summed E-state index contributed by atoms with van der Waals surface area (Å²) in [5.74, 6) is 1.07. The van der Waals surface area contributed by atoms with Gasteiger partial charge in [-0.2, -0.15) is 0 Å². The summed E-state index contributed by atoms with van der Waals surface area (Å²) in [7, 11) is 1.55. The van der Waals surface area contributed by atoms with E-state index in [1.54, 1.807) is 13.2 Å². The Kier molecular flexibility index (Phi) is 3.97. The molecule has 1 aromatic carbocycles. The van der Waals surface area contributed by atoms with Crippen LogP contribution in [0.4, 0.5) is 0 Å². The molecule has 3 nitrogen and oxygen atoms in total. The van der Waals surface area contributed by atoms with E-state index in [0.29, 0.717) is 11.7 Å². The van der Waals surface area contributed by atoms with Gasteiger partial charge in [0, 0.05) is 6.04 Å². The maximum atomic E-state index is 9.45. The molecule has 0 aliphatic carbocycles. The van der Waals surface area contributed by atoms with Gasteiger partial charge in [-0.25, -0.2) is 0 Å².